The molecular weight excluding hydrogens is 937 g/mol. The first-order valence-corrected chi connectivity index (χ1v) is 35.0. The van der Waals surface area contributed by atoms with Crippen molar-refractivity contribution in [3.63, 3.8) is 0 Å². The molecule has 0 spiro atoms. The van der Waals surface area contributed by atoms with Crippen LogP contribution < -0.4 is 0 Å². The number of ether oxygens (including phenoxy) is 3. The minimum absolute atomic E-state index is 0.0617. The number of rotatable bonds is 66. The van der Waals surface area contributed by atoms with Gasteiger partial charge < -0.3 is 14.2 Å². The summed E-state index contributed by atoms with van der Waals surface area (Å²) in [5.41, 5.74) is 0. The highest BCUT2D eigenvalue weighted by Crippen LogP contribution is 2.19. The lowest BCUT2D eigenvalue weighted by molar-refractivity contribution is -0.167. The summed E-state index contributed by atoms with van der Waals surface area (Å²) in [5, 5.41) is 0. The van der Waals surface area contributed by atoms with Crippen LogP contribution >= 0.6 is 0 Å². The molecule has 1 unspecified atom stereocenters. The van der Waals surface area contributed by atoms with Crippen LogP contribution in [0.2, 0.25) is 0 Å². The van der Waals surface area contributed by atoms with Gasteiger partial charge in [0.15, 0.2) is 6.10 Å². The van der Waals surface area contributed by atoms with Gasteiger partial charge in [-0.2, -0.15) is 0 Å². The Morgan fingerprint density at radius 1 is 0.211 bits per heavy atom. The Bertz CT molecular complexity index is 1140. The van der Waals surface area contributed by atoms with Crippen molar-refractivity contribution in [3.8, 4) is 0 Å². The molecule has 0 rings (SSSR count). The fraction of sp³-hybridized carbons (Fsp3) is 0.957. The molecule has 0 aliphatic carbocycles. The van der Waals surface area contributed by atoms with E-state index in [4.69, 9.17) is 14.2 Å². The van der Waals surface area contributed by atoms with Gasteiger partial charge in [0.05, 0.1) is 0 Å². The maximum atomic E-state index is 12.9. The molecule has 1 atom stereocenters. The monoisotopic (exact) mass is 1070 g/mol. The maximum absolute atomic E-state index is 12.9. The summed E-state index contributed by atoms with van der Waals surface area (Å²) >= 11 is 0. The topological polar surface area (TPSA) is 78.9 Å². The summed E-state index contributed by atoms with van der Waals surface area (Å²) in [6, 6.07) is 0. The second-order valence-corrected chi connectivity index (χ2v) is 24.2. The molecule has 0 aliphatic heterocycles. The predicted molar refractivity (Wildman–Crippen MR) is 330 cm³/mol. The van der Waals surface area contributed by atoms with Crippen molar-refractivity contribution in [2.24, 2.45) is 0 Å². The zero-order valence-corrected chi connectivity index (χ0v) is 52.1. The fourth-order valence-electron chi connectivity index (χ4n) is 11.1. The molecule has 0 saturated carbocycles. The van der Waals surface area contributed by atoms with E-state index in [2.05, 4.69) is 20.8 Å². The number of carbonyl (C=O) groups excluding carboxylic acids is 3. The van der Waals surface area contributed by atoms with Crippen LogP contribution in [-0.2, 0) is 28.6 Å². The third kappa shape index (κ3) is 63.2. The smallest absolute Gasteiger partial charge is 0.306 e. The van der Waals surface area contributed by atoms with Gasteiger partial charge in [-0.3, -0.25) is 14.4 Å². The number of hydrogen-bond donors (Lipinski definition) is 0. The SMILES string of the molecule is CCCCCCCCCCCCCCCCCCCCCCCCCCCCCCCCC(=O)OCC(COC(=O)CCCCCCCC)OC(=O)CCCCCCCCCCCCCCCCCCCCCCCC. The molecule has 452 valence electrons. The lowest BCUT2D eigenvalue weighted by atomic mass is 10.0. The Labute approximate surface area is 476 Å². The Morgan fingerprint density at radius 2 is 0.355 bits per heavy atom. The van der Waals surface area contributed by atoms with Crippen LogP contribution in [0.1, 0.15) is 412 Å². The highest BCUT2D eigenvalue weighted by Gasteiger charge is 2.19. The summed E-state index contributed by atoms with van der Waals surface area (Å²) in [4.78, 5) is 38.1. The zero-order valence-electron chi connectivity index (χ0n) is 52.1. The van der Waals surface area contributed by atoms with Crippen LogP contribution in [-0.4, -0.2) is 37.2 Å². The van der Waals surface area contributed by atoms with Crippen molar-refractivity contribution in [2.75, 3.05) is 13.2 Å². The Kier molecular flexibility index (Phi) is 64.5. The molecule has 76 heavy (non-hydrogen) atoms. The molecule has 6 heteroatoms. The van der Waals surface area contributed by atoms with Gasteiger partial charge in [0.25, 0.3) is 0 Å². The Hall–Kier alpha value is -1.59. The molecule has 0 aromatic heterocycles. The van der Waals surface area contributed by atoms with E-state index in [1.807, 2.05) is 0 Å². The number of unbranched alkanes of at least 4 members (excludes halogenated alkanes) is 55. The fourth-order valence-corrected chi connectivity index (χ4v) is 11.1. The molecule has 0 aromatic rings. The average molecular weight is 1070 g/mol. The van der Waals surface area contributed by atoms with Crippen molar-refractivity contribution in [1.82, 2.24) is 0 Å². The first-order chi connectivity index (χ1) is 37.5. The summed E-state index contributed by atoms with van der Waals surface area (Å²) in [5.74, 6) is -0.838. The molecule has 0 bridgehead atoms. The van der Waals surface area contributed by atoms with Crippen LogP contribution in [0.5, 0.6) is 0 Å². The molecule has 0 N–H and O–H groups in total. The quantitative estimate of drug-likeness (QED) is 0.0343. The van der Waals surface area contributed by atoms with Crippen molar-refractivity contribution in [3.05, 3.63) is 0 Å². The van der Waals surface area contributed by atoms with E-state index in [9.17, 15) is 14.4 Å². The highest BCUT2D eigenvalue weighted by atomic mass is 16.6. The van der Waals surface area contributed by atoms with Gasteiger partial charge in [-0.15, -0.1) is 0 Å². The largest absolute Gasteiger partial charge is 0.462 e. The van der Waals surface area contributed by atoms with E-state index < -0.39 is 6.10 Å². The molecule has 0 heterocycles. The van der Waals surface area contributed by atoms with E-state index >= 15 is 0 Å². The number of carbonyl (C=O) groups is 3. The van der Waals surface area contributed by atoms with Gasteiger partial charge in [0.1, 0.15) is 13.2 Å². The molecular formula is C70H136O6. The molecule has 0 saturated heterocycles. The van der Waals surface area contributed by atoms with E-state index in [-0.39, 0.29) is 31.1 Å². The zero-order chi connectivity index (χ0) is 55.0. The van der Waals surface area contributed by atoms with Gasteiger partial charge in [-0.1, -0.05) is 374 Å². The third-order valence-corrected chi connectivity index (χ3v) is 16.4. The molecule has 0 radical (unpaired) electrons. The Balaban J connectivity index is 3.93. The highest BCUT2D eigenvalue weighted by molar-refractivity contribution is 5.71. The van der Waals surface area contributed by atoms with E-state index in [0.717, 1.165) is 57.8 Å². The summed E-state index contributed by atoms with van der Waals surface area (Å²) < 4.78 is 16.9. The predicted octanol–water partition coefficient (Wildman–Crippen LogP) is 23.8. The van der Waals surface area contributed by atoms with Gasteiger partial charge in [-0.25, -0.2) is 0 Å². The lowest BCUT2D eigenvalue weighted by Crippen LogP contribution is -2.30. The van der Waals surface area contributed by atoms with E-state index in [1.54, 1.807) is 0 Å². The lowest BCUT2D eigenvalue weighted by Gasteiger charge is -2.18. The van der Waals surface area contributed by atoms with Gasteiger partial charge in [-0.05, 0) is 19.3 Å². The third-order valence-electron chi connectivity index (χ3n) is 16.4. The normalized spacial score (nSPS) is 11.9. The average Bonchev–Trinajstić information content (AvgIpc) is 3.42. The van der Waals surface area contributed by atoms with Crippen LogP contribution in [0, 0.1) is 0 Å². The van der Waals surface area contributed by atoms with Gasteiger partial charge >= 0.3 is 17.9 Å². The minimum atomic E-state index is -0.761. The van der Waals surface area contributed by atoms with Crippen LogP contribution in [0.25, 0.3) is 0 Å². The first-order valence-electron chi connectivity index (χ1n) is 35.0. The molecule has 6 nitrogen and oxygen atoms in total. The molecule has 0 fully saturated rings. The summed E-state index contributed by atoms with van der Waals surface area (Å²) in [6.07, 6.45) is 77.6. The first kappa shape index (κ1) is 74.4. The van der Waals surface area contributed by atoms with E-state index in [1.165, 1.54) is 315 Å². The van der Waals surface area contributed by atoms with Crippen molar-refractivity contribution < 1.29 is 28.6 Å². The Morgan fingerprint density at radius 3 is 0.526 bits per heavy atom. The van der Waals surface area contributed by atoms with Crippen molar-refractivity contribution >= 4 is 17.9 Å². The number of hydrogen-bond acceptors (Lipinski definition) is 6. The van der Waals surface area contributed by atoms with Crippen LogP contribution in [0.3, 0.4) is 0 Å². The van der Waals surface area contributed by atoms with Crippen LogP contribution in [0.4, 0.5) is 0 Å². The van der Waals surface area contributed by atoms with Gasteiger partial charge in [0, 0.05) is 19.3 Å². The van der Waals surface area contributed by atoms with Crippen LogP contribution in [0.15, 0.2) is 0 Å². The second-order valence-electron chi connectivity index (χ2n) is 24.2. The van der Waals surface area contributed by atoms with Crippen molar-refractivity contribution in [1.29, 1.82) is 0 Å². The molecule has 0 amide bonds. The molecule has 0 aromatic carbocycles. The summed E-state index contributed by atoms with van der Waals surface area (Å²) in [7, 11) is 0. The number of esters is 3. The maximum Gasteiger partial charge on any atom is 0.306 e. The van der Waals surface area contributed by atoms with Crippen molar-refractivity contribution in [2.45, 2.75) is 419 Å². The van der Waals surface area contributed by atoms with E-state index in [0.29, 0.717) is 19.3 Å². The second kappa shape index (κ2) is 65.9. The van der Waals surface area contributed by atoms with Gasteiger partial charge in [0.2, 0.25) is 0 Å². The molecule has 0 aliphatic rings. The summed E-state index contributed by atoms with van der Waals surface area (Å²) in [6.45, 7) is 6.67. The minimum Gasteiger partial charge on any atom is -0.462 e. The standard InChI is InChI=1S/C70H136O6/c1-4-7-10-13-16-18-20-22-24-26-28-30-32-33-34-35-36-37-38-39-41-42-44-46-48-50-52-54-57-60-63-69(72)75-66-67(65-74-68(71)62-59-56-15-12-9-6-3)76-70(73)64-61-58-55-53-51-49-47-45-43-40-31-29-27-25-23-21-19-17-14-11-8-5-2/h67H,4-66H2,1-3H3.